The molecule has 0 saturated heterocycles. The number of nitriles is 3. The summed E-state index contributed by atoms with van der Waals surface area (Å²) in [7, 11) is 0. The molecule has 0 radical (unpaired) electrons. The molecule has 0 aliphatic heterocycles. The molecule has 6 aromatic rings. The molecule has 0 aromatic heterocycles. The predicted molar refractivity (Wildman–Crippen MR) is 131 cm³/mol. The van der Waals surface area contributed by atoms with Crippen molar-refractivity contribution in [2.24, 2.45) is 9.98 Å². The minimum absolute atomic E-state index is 0.605. The van der Waals surface area contributed by atoms with Crippen LogP contribution in [0.5, 0.6) is 0 Å². The van der Waals surface area contributed by atoms with E-state index in [1.807, 2.05) is 67.0 Å². The molecular weight excluding hydrogens is 418 g/mol. The molecule has 0 aliphatic carbocycles. The summed E-state index contributed by atoms with van der Waals surface area (Å²) in [4.78, 5) is 8.33. The van der Waals surface area contributed by atoms with Gasteiger partial charge in [0.1, 0.15) is 0 Å². The van der Waals surface area contributed by atoms with Gasteiger partial charge in [0.25, 0.3) is 0 Å². The SMILES string of the molecule is N#C/N=c1\c2ccccc2c2cc3/c(=N/C#N)c4cc(-c5ccc(C#N)cc5)ccc4c3cc12. The van der Waals surface area contributed by atoms with Gasteiger partial charge in [-0.3, -0.25) is 0 Å². The molecule has 0 amide bonds. The highest BCUT2D eigenvalue weighted by molar-refractivity contribution is 6.21. The van der Waals surface area contributed by atoms with Crippen LogP contribution in [0.3, 0.4) is 0 Å². The second-order valence-corrected chi connectivity index (χ2v) is 8.06. The Labute approximate surface area is 193 Å². The summed E-state index contributed by atoms with van der Waals surface area (Å²) in [5.41, 5.74) is 2.56. The van der Waals surface area contributed by atoms with Crippen molar-refractivity contribution in [1.82, 2.24) is 0 Å². The topological polar surface area (TPSA) is 96.1 Å². The van der Waals surface area contributed by atoms with Gasteiger partial charge >= 0.3 is 0 Å². The first-order valence-electron chi connectivity index (χ1n) is 10.6. The van der Waals surface area contributed by atoms with Gasteiger partial charge in [0.2, 0.25) is 12.4 Å². The number of benzene rings is 4. The Morgan fingerprint density at radius 1 is 0.471 bits per heavy atom. The van der Waals surface area contributed by atoms with Gasteiger partial charge in [-0.15, -0.1) is 0 Å². The van der Waals surface area contributed by atoms with E-state index >= 15 is 0 Å². The minimum Gasteiger partial charge on any atom is -0.192 e. The smallest absolute Gasteiger partial charge is 0.192 e. The van der Waals surface area contributed by atoms with Crippen LogP contribution < -0.4 is 10.7 Å². The summed E-state index contributed by atoms with van der Waals surface area (Å²) in [5, 5.41) is 36.7. The van der Waals surface area contributed by atoms with E-state index in [-0.39, 0.29) is 0 Å². The molecule has 0 spiro atoms. The summed E-state index contributed by atoms with van der Waals surface area (Å²) in [6.45, 7) is 0. The Morgan fingerprint density at radius 3 is 1.62 bits per heavy atom. The number of rotatable bonds is 1. The molecule has 0 bridgehead atoms. The molecular formula is C29H13N5. The minimum atomic E-state index is 0.605. The molecule has 6 aromatic carbocycles. The second-order valence-electron chi connectivity index (χ2n) is 8.06. The molecule has 0 heterocycles. The zero-order valence-electron chi connectivity index (χ0n) is 17.7. The predicted octanol–water partition coefficient (Wildman–Crippen LogP) is 5.48. The molecule has 6 rings (SSSR count). The summed E-state index contributed by atoms with van der Waals surface area (Å²) in [5.74, 6) is 0. The standard InChI is InChI=1S/C29H13N5/c30-14-17-5-7-18(8-6-17)19-9-10-21-24-13-26-23(12-27(24)29(34-16-32)25(21)11-19)20-3-1-2-4-22(20)28(26)33-15-31/h1-13H/b33-28+,34-29+. The molecule has 0 aliphatic rings. The van der Waals surface area contributed by atoms with Crippen molar-refractivity contribution in [3.8, 4) is 29.6 Å². The van der Waals surface area contributed by atoms with Gasteiger partial charge in [0.05, 0.1) is 22.3 Å². The molecule has 0 unspecified atom stereocenters. The zero-order chi connectivity index (χ0) is 23.2. The van der Waals surface area contributed by atoms with E-state index in [2.05, 4.69) is 28.2 Å². The van der Waals surface area contributed by atoms with Crippen molar-refractivity contribution < 1.29 is 0 Å². The number of hydrogen-bond acceptors (Lipinski definition) is 5. The fraction of sp³-hybridized carbons (Fsp3) is 0. The van der Waals surface area contributed by atoms with Crippen molar-refractivity contribution in [1.29, 1.82) is 15.8 Å². The van der Waals surface area contributed by atoms with Crippen LogP contribution in [-0.2, 0) is 0 Å². The third-order valence-electron chi connectivity index (χ3n) is 6.38. The first-order valence-corrected chi connectivity index (χ1v) is 10.6. The molecule has 0 atom stereocenters. The van der Waals surface area contributed by atoms with E-state index in [9.17, 15) is 10.5 Å². The first-order chi connectivity index (χ1) is 16.7. The van der Waals surface area contributed by atoms with E-state index in [1.165, 1.54) is 0 Å². The molecule has 154 valence electrons. The van der Waals surface area contributed by atoms with Gasteiger partial charge < -0.3 is 0 Å². The van der Waals surface area contributed by atoms with E-state index in [4.69, 9.17) is 5.26 Å². The molecule has 5 heteroatoms. The summed E-state index contributed by atoms with van der Waals surface area (Å²) >= 11 is 0. The Kier molecular flexibility index (Phi) is 4.21. The van der Waals surface area contributed by atoms with Crippen molar-refractivity contribution >= 4 is 43.1 Å². The molecule has 0 fully saturated rings. The Morgan fingerprint density at radius 2 is 1.00 bits per heavy atom. The maximum atomic E-state index is 9.46. The number of fused-ring (bicyclic) bond motifs is 6. The van der Waals surface area contributed by atoms with Crippen LogP contribution in [0.1, 0.15) is 5.56 Å². The maximum Gasteiger partial charge on any atom is 0.206 e. The van der Waals surface area contributed by atoms with Crippen LogP contribution in [0.4, 0.5) is 0 Å². The molecule has 0 N–H and O–H groups in total. The lowest BCUT2D eigenvalue weighted by atomic mass is 10.0. The third kappa shape index (κ3) is 2.71. The second kappa shape index (κ2) is 7.38. The summed E-state index contributed by atoms with van der Waals surface area (Å²) in [6.07, 6.45) is 3.91. The van der Waals surface area contributed by atoms with Gasteiger partial charge in [-0.05, 0) is 63.0 Å². The van der Waals surface area contributed by atoms with Crippen LogP contribution in [0, 0.1) is 34.2 Å². The van der Waals surface area contributed by atoms with Crippen molar-refractivity contribution in [3.63, 3.8) is 0 Å². The van der Waals surface area contributed by atoms with Crippen molar-refractivity contribution in [2.75, 3.05) is 0 Å². The van der Waals surface area contributed by atoms with Crippen LogP contribution in [-0.4, -0.2) is 0 Å². The normalized spacial score (nSPS) is 12.4. The van der Waals surface area contributed by atoms with Gasteiger partial charge in [0, 0.05) is 21.5 Å². The molecule has 0 saturated carbocycles. The number of nitrogens with zero attached hydrogens (tertiary/aromatic N) is 5. The van der Waals surface area contributed by atoms with E-state index < -0.39 is 0 Å². The molecule has 34 heavy (non-hydrogen) atoms. The van der Waals surface area contributed by atoms with Crippen LogP contribution in [0.2, 0.25) is 0 Å². The number of hydrogen-bond donors (Lipinski definition) is 0. The van der Waals surface area contributed by atoms with E-state index in [0.29, 0.717) is 16.3 Å². The average Bonchev–Trinajstić information content (AvgIpc) is 3.35. The van der Waals surface area contributed by atoms with Crippen LogP contribution >= 0.6 is 0 Å². The lowest BCUT2D eigenvalue weighted by Crippen LogP contribution is -1.99. The molecule has 5 nitrogen and oxygen atoms in total. The van der Waals surface area contributed by atoms with E-state index in [1.54, 1.807) is 12.1 Å². The fourth-order valence-corrected chi connectivity index (χ4v) is 4.88. The maximum absolute atomic E-state index is 9.46. The first kappa shape index (κ1) is 19.4. The van der Waals surface area contributed by atoms with E-state index in [0.717, 1.165) is 54.2 Å². The average molecular weight is 431 g/mol. The van der Waals surface area contributed by atoms with Crippen LogP contribution in [0.25, 0.3) is 54.2 Å². The third-order valence-corrected chi connectivity index (χ3v) is 6.38. The Bertz CT molecular complexity index is 2030. The highest BCUT2D eigenvalue weighted by Crippen LogP contribution is 2.33. The highest BCUT2D eigenvalue weighted by atomic mass is 14.7. The van der Waals surface area contributed by atoms with Crippen LogP contribution in [0.15, 0.2) is 88.8 Å². The quantitative estimate of drug-likeness (QED) is 0.323. The highest BCUT2D eigenvalue weighted by Gasteiger charge is 2.15. The lowest BCUT2D eigenvalue weighted by Gasteiger charge is -2.02. The Hall–Kier alpha value is -5.31. The lowest BCUT2D eigenvalue weighted by molar-refractivity contribution is 1.37. The Balaban J connectivity index is 1.74. The monoisotopic (exact) mass is 431 g/mol. The van der Waals surface area contributed by atoms with Gasteiger partial charge in [0.15, 0.2) is 0 Å². The summed E-state index contributed by atoms with van der Waals surface area (Å²) in [6, 6.07) is 27.7. The zero-order valence-corrected chi connectivity index (χ0v) is 17.7. The van der Waals surface area contributed by atoms with Gasteiger partial charge in [-0.25, -0.2) is 0 Å². The van der Waals surface area contributed by atoms with Gasteiger partial charge in [-0.1, -0.05) is 48.5 Å². The van der Waals surface area contributed by atoms with Crippen molar-refractivity contribution in [3.05, 3.63) is 95.1 Å². The largest absolute Gasteiger partial charge is 0.206 e. The fourth-order valence-electron chi connectivity index (χ4n) is 4.88. The van der Waals surface area contributed by atoms with Crippen molar-refractivity contribution in [2.45, 2.75) is 0 Å². The summed E-state index contributed by atoms with van der Waals surface area (Å²) < 4.78 is 0. The van der Waals surface area contributed by atoms with Gasteiger partial charge in [-0.2, -0.15) is 25.8 Å².